The van der Waals surface area contributed by atoms with Crippen LogP contribution in [-0.4, -0.2) is 31.9 Å². The number of hydrogen-bond acceptors (Lipinski definition) is 4. The van der Waals surface area contributed by atoms with E-state index in [0.29, 0.717) is 24.0 Å². The average Bonchev–Trinajstić information content (AvgIpc) is 2.98. The van der Waals surface area contributed by atoms with E-state index in [4.69, 9.17) is 0 Å². The maximum atomic E-state index is 12.3. The summed E-state index contributed by atoms with van der Waals surface area (Å²) in [6.45, 7) is 6.22. The monoisotopic (exact) mass is 288 g/mol. The highest BCUT2D eigenvalue weighted by molar-refractivity contribution is 7.89. The van der Waals surface area contributed by atoms with Gasteiger partial charge in [-0.05, 0) is 18.9 Å². The highest BCUT2D eigenvalue weighted by Crippen LogP contribution is 2.25. The van der Waals surface area contributed by atoms with E-state index in [0.717, 1.165) is 24.3 Å². The van der Waals surface area contributed by atoms with Crippen LogP contribution in [0.3, 0.4) is 0 Å². The van der Waals surface area contributed by atoms with Gasteiger partial charge in [0.15, 0.2) is 0 Å². The van der Waals surface area contributed by atoms with Gasteiger partial charge < -0.3 is 5.32 Å². The Kier molecular flexibility index (Phi) is 4.42. The smallest absolute Gasteiger partial charge is 0.243 e. The fourth-order valence-corrected chi connectivity index (χ4v) is 4.70. The first-order chi connectivity index (χ1) is 8.50. The fourth-order valence-electron chi connectivity index (χ4n) is 1.97. The van der Waals surface area contributed by atoms with Crippen molar-refractivity contribution in [1.82, 2.24) is 9.62 Å². The van der Waals surface area contributed by atoms with Gasteiger partial charge in [-0.3, -0.25) is 0 Å². The van der Waals surface area contributed by atoms with Gasteiger partial charge in [-0.15, -0.1) is 11.3 Å². The molecule has 0 aromatic carbocycles. The minimum Gasteiger partial charge on any atom is -0.310 e. The Morgan fingerprint density at radius 3 is 2.67 bits per heavy atom. The first-order valence-electron chi connectivity index (χ1n) is 6.31. The van der Waals surface area contributed by atoms with E-state index in [1.54, 1.807) is 15.8 Å². The van der Waals surface area contributed by atoms with Crippen molar-refractivity contribution in [2.24, 2.45) is 0 Å². The van der Waals surface area contributed by atoms with Gasteiger partial charge in [0.25, 0.3) is 0 Å². The maximum Gasteiger partial charge on any atom is 0.243 e. The highest BCUT2D eigenvalue weighted by atomic mass is 32.2. The summed E-state index contributed by atoms with van der Waals surface area (Å²) >= 11 is 1.51. The minimum absolute atomic E-state index is 0.408. The van der Waals surface area contributed by atoms with E-state index < -0.39 is 10.0 Å². The molecule has 18 heavy (non-hydrogen) atoms. The second-order valence-electron chi connectivity index (χ2n) is 4.90. The number of nitrogens with one attached hydrogen (secondary N) is 1. The van der Waals surface area contributed by atoms with Crippen LogP contribution < -0.4 is 5.32 Å². The second kappa shape index (κ2) is 5.69. The van der Waals surface area contributed by atoms with Crippen molar-refractivity contribution in [1.29, 1.82) is 0 Å². The third kappa shape index (κ3) is 3.12. The fraction of sp³-hybridized carbons (Fsp3) is 0.667. The molecule has 1 fully saturated rings. The van der Waals surface area contributed by atoms with E-state index in [9.17, 15) is 8.42 Å². The molecule has 2 heterocycles. The van der Waals surface area contributed by atoms with Gasteiger partial charge in [-0.2, -0.15) is 4.31 Å². The zero-order valence-electron chi connectivity index (χ0n) is 10.8. The lowest BCUT2D eigenvalue weighted by molar-refractivity contribution is 0.477. The summed E-state index contributed by atoms with van der Waals surface area (Å²) in [6.07, 6.45) is 1.95. The van der Waals surface area contributed by atoms with Crippen LogP contribution in [0.25, 0.3) is 0 Å². The van der Waals surface area contributed by atoms with E-state index in [1.807, 2.05) is 0 Å². The maximum absolute atomic E-state index is 12.3. The molecule has 0 spiro atoms. The molecule has 6 heteroatoms. The third-order valence-electron chi connectivity index (χ3n) is 3.02. The summed E-state index contributed by atoms with van der Waals surface area (Å²) in [7, 11) is -3.24. The van der Waals surface area contributed by atoms with Crippen molar-refractivity contribution in [2.75, 3.05) is 13.1 Å². The quantitative estimate of drug-likeness (QED) is 0.902. The Hall–Kier alpha value is -0.430. The first-order valence-corrected chi connectivity index (χ1v) is 8.63. The molecule has 0 radical (unpaired) electrons. The van der Waals surface area contributed by atoms with Crippen molar-refractivity contribution >= 4 is 21.4 Å². The van der Waals surface area contributed by atoms with Crippen LogP contribution in [0.1, 0.15) is 31.6 Å². The molecule has 1 saturated heterocycles. The van der Waals surface area contributed by atoms with E-state index in [2.05, 4.69) is 19.2 Å². The topological polar surface area (TPSA) is 49.4 Å². The number of rotatable bonds is 5. The predicted molar refractivity (Wildman–Crippen MR) is 74.3 cm³/mol. The zero-order chi connectivity index (χ0) is 13.2. The molecule has 0 bridgehead atoms. The summed E-state index contributed by atoms with van der Waals surface area (Å²) < 4.78 is 26.2. The van der Waals surface area contributed by atoms with E-state index >= 15 is 0 Å². The molecule has 0 unspecified atom stereocenters. The van der Waals surface area contributed by atoms with Crippen LogP contribution in [0.4, 0.5) is 0 Å². The molecular formula is C12H20N2O2S2. The van der Waals surface area contributed by atoms with Gasteiger partial charge in [0.1, 0.15) is 0 Å². The molecule has 1 aliphatic rings. The Bertz CT molecular complexity index is 488. The SMILES string of the molecule is CC(C)NCc1cc(S(=O)(=O)N2CCCC2)cs1. The highest BCUT2D eigenvalue weighted by Gasteiger charge is 2.27. The van der Waals surface area contributed by atoms with Gasteiger partial charge in [0.05, 0.1) is 4.90 Å². The Labute approximate surface area is 113 Å². The van der Waals surface area contributed by atoms with Gasteiger partial charge in [0, 0.05) is 35.9 Å². The van der Waals surface area contributed by atoms with Crippen LogP contribution in [0.5, 0.6) is 0 Å². The van der Waals surface area contributed by atoms with Gasteiger partial charge >= 0.3 is 0 Å². The van der Waals surface area contributed by atoms with Crippen LogP contribution in [0.15, 0.2) is 16.3 Å². The Balaban J connectivity index is 2.09. The molecule has 4 nitrogen and oxygen atoms in total. The molecule has 1 N–H and O–H groups in total. The average molecular weight is 288 g/mol. The van der Waals surface area contributed by atoms with Crippen molar-refractivity contribution < 1.29 is 8.42 Å². The summed E-state index contributed by atoms with van der Waals surface area (Å²) in [5.74, 6) is 0. The predicted octanol–water partition coefficient (Wildman–Crippen LogP) is 2.03. The van der Waals surface area contributed by atoms with Crippen molar-refractivity contribution in [3.05, 3.63) is 16.3 Å². The van der Waals surface area contributed by atoms with Crippen LogP contribution in [-0.2, 0) is 16.6 Å². The summed E-state index contributed by atoms with van der Waals surface area (Å²) in [5.41, 5.74) is 0. The molecule has 1 aromatic heterocycles. The summed E-state index contributed by atoms with van der Waals surface area (Å²) in [5, 5.41) is 5.05. The lowest BCUT2D eigenvalue weighted by atomic mass is 10.4. The van der Waals surface area contributed by atoms with Crippen molar-refractivity contribution in [3.8, 4) is 0 Å². The van der Waals surface area contributed by atoms with Crippen molar-refractivity contribution in [3.63, 3.8) is 0 Å². The molecule has 1 aliphatic heterocycles. The molecule has 102 valence electrons. The number of sulfonamides is 1. The second-order valence-corrected chi connectivity index (χ2v) is 7.83. The number of nitrogens with zero attached hydrogens (tertiary/aromatic N) is 1. The van der Waals surface area contributed by atoms with Gasteiger partial charge in [0.2, 0.25) is 10.0 Å². The molecule has 1 aromatic rings. The van der Waals surface area contributed by atoms with Gasteiger partial charge in [-0.1, -0.05) is 13.8 Å². The van der Waals surface area contributed by atoms with Crippen LogP contribution in [0.2, 0.25) is 0 Å². The van der Waals surface area contributed by atoms with Crippen LogP contribution >= 0.6 is 11.3 Å². The molecule has 0 atom stereocenters. The van der Waals surface area contributed by atoms with Crippen molar-refractivity contribution in [2.45, 2.75) is 44.2 Å². The lowest BCUT2D eigenvalue weighted by Gasteiger charge is -2.13. The third-order valence-corrected chi connectivity index (χ3v) is 5.98. The molecule has 0 amide bonds. The van der Waals surface area contributed by atoms with E-state index in [1.165, 1.54) is 11.3 Å². The largest absolute Gasteiger partial charge is 0.310 e. The number of hydrogen-bond donors (Lipinski definition) is 1. The molecule has 2 rings (SSSR count). The molecule has 0 aliphatic carbocycles. The Morgan fingerprint density at radius 1 is 1.39 bits per heavy atom. The summed E-state index contributed by atoms with van der Waals surface area (Å²) in [4.78, 5) is 1.52. The lowest BCUT2D eigenvalue weighted by Crippen LogP contribution is -2.27. The molecule has 0 saturated carbocycles. The first kappa shape index (κ1) is 14.0. The minimum atomic E-state index is -3.24. The zero-order valence-corrected chi connectivity index (χ0v) is 12.5. The van der Waals surface area contributed by atoms with E-state index in [-0.39, 0.29) is 0 Å². The Morgan fingerprint density at radius 2 is 2.06 bits per heavy atom. The van der Waals surface area contributed by atoms with Gasteiger partial charge in [-0.25, -0.2) is 8.42 Å². The molecular weight excluding hydrogens is 268 g/mol. The van der Waals surface area contributed by atoms with Crippen LogP contribution in [0, 0.1) is 0 Å². The standard InChI is InChI=1S/C12H20N2O2S2/c1-10(2)13-8-11-7-12(9-17-11)18(15,16)14-5-3-4-6-14/h7,9-10,13H,3-6,8H2,1-2H3. The number of thiophene rings is 1. The normalized spacial score (nSPS) is 17.7. The summed E-state index contributed by atoms with van der Waals surface area (Å²) in [6, 6.07) is 2.21.